The predicted molar refractivity (Wildman–Crippen MR) is 69.8 cm³/mol. The number of halogens is 1. The second-order valence-electron chi connectivity index (χ2n) is 5.26. The SMILES string of the molecule is [O-][N+]1=Cc2cc(Cl)ccc2CC12CCCCC2. The van der Waals surface area contributed by atoms with Gasteiger partial charge >= 0.3 is 0 Å². The molecular formula is C14H16ClNO. The summed E-state index contributed by atoms with van der Waals surface area (Å²) in [5.41, 5.74) is 2.09. The van der Waals surface area contributed by atoms with Crippen LogP contribution in [0.1, 0.15) is 43.2 Å². The zero-order chi connectivity index (χ0) is 11.9. The Labute approximate surface area is 106 Å². The molecule has 1 spiro atoms. The molecule has 1 aromatic rings. The number of fused-ring (bicyclic) bond motifs is 1. The summed E-state index contributed by atoms with van der Waals surface area (Å²) in [5, 5.41) is 13.0. The highest BCUT2D eigenvalue weighted by Gasteiger charge is 2.42. The van der Waals surface area contributed by atoms with Crippen LogP contribution in [-0.2, 0) is 6.42 Å². The van der Waals surface area contributed by atoms with Gasteiger partial charge in [-0.3, -0.25) is 0 Å². The molecule has 0 radical (unpaired) electrons. The maximum Gasteiger partial charge on any atom is 0.182 e. The molecule has 0 N–H and O–H groups in total. The lowest BCUT2D eigenvalue weighted by Gasteiger charge is -2.37. The third-order valence-electron chi connectivity index (χ3n) is 4.14. The molecule has 0 atom stereocenters. The van der Waals surface area contributed by atoms with Crippen molar-refractivity contribution in [3.8, 4) is 0 Å². The average Bonchev–Trinajstić information content (AvgIpc) is 2.33. The maximum atomic E-state index is 12.3. The van der Waals surface area contributed by atoms with Crippen molar-refractivity contribution >= 4 is 17.8 Å². The number of hydroxylamine groups is 1. The van der Waals surface area contributed by atoms with E-state index in [0.717, 1.165) is 24.8 Å². The normalized spacial score (nSPS) is 22.1. The minimum absolute atomic E-state index is 0.168. The summed E-state index contributed by atoms with van der Waals surface area (Å²) >= 11 is 5.96. The van der Waals surface area contributed by atoms with Crippen molar-refractivity contribution in [2.24, 2.45) is 0 Å². The second-order valence-corrected chi connectivity index (χ2v) is 5.70. The van der Waals surface area contributed by atoms with Crippen LogP contribution in [0, 0.1) is 5.21 Å². The van der Waals surface area contributed by atoms with Crippen LogP contribution < -0.4 is 0 Å². The van der Waals surface area contributed by atoms with Crippen LogP contribution in [0.15, 0.2) is 18.2 Å². The molecule has 1 aliphatic heterocycles. The first-order chi connectivity index (χ1) is 8.20. The van der Waals surface area contributed by atoms with Crippen molar-refractivity contribution < 1.29 is 4.74 Å². The lowest BCUT2D eigenvalue weighted by molar-refractivity contribution is -0.553. The summed E-state index contributed by atoms with van der Waals surface area (Å²) in [6.45, 7) is 0. The first kappa shape index (κ1) is 11.1. The third-order valence-corrected chi connectivity index (χ3v) is 4.37. The van der Waals surface area contributed by atoms with Gasteiger partial charge < -0.3 is 5.21 Å². The molecule has 1 aromatic carbocycles. The molecule has 2 aliphatic rings. The van der Waals surface area contributed by atoms with Gasteiger partial charge in [0, 0.05) is 29.8 Å². The summed E-state index contributed by atoms with van der Waals surface area (Å²) in [4.78, 5) is 0. The van der Waals surface area contributed by atoms with E-state index < -0.39 is 0 Å². The molecular weight excluding hydrogens is 234 g/mol. The number of hydrogen-bond donors (Lipinski definition) is 0. The van der Waals surface area contributed by atoms with Crippen molar-refractivity contribution in [1.29, 1.82) is 0 Å². The monoisotopic (exact) mass is 249 g/mol. The van der Waals surface area contributed by atoms with Crippen LogP contribution in [0.25, 0.3) is 0 Å². The summed E-state index contributed by atoms with van der Waals surface area (Å²) in [6.07, 6.45) is 8.27. The van der Waals surface area contributed by atoms with Crippen LogP contribution in [-0.4, -0.2) is 16.5 Å². The molecule has 17 heavy (non-hydrogen) atoms. The Morgan fingerprint density at radius 3 is 2.71 bits per heavy atom. The Kier molecular flexibility index (Phi) is 2.62. The first-order valence-electron chi connectivity index (χ1n) is 6.29. The average molecular weight is 250 g/mol. The van der Waals surface area contributed by atoms with Gasteiger partial charge in [0.25, 0.3) is 0 Å². The standard InChI is InChI=1S/C14H16ClNO/c15-13-5-4-11-9-14(6-2-1-3-7-14)16(17)10-12(11)8-13/h4-5,8,10H,1-3,6-7,9H2. The molecule has 3 heteroatoms. The van der Waals surface area contributed by atoms with Gasteiger partial charge in [-0.05, 0) is 30.5 Å². The van der Waals surface area contributed by atoms with Gasteiger partial charge in [-0.2, -0.15) is 0 Å². The van der Waals surface area contributed by atoms with Crippen molar-refractivity contribution in [3.05, 3.63) is 39.6 Å². The minimum atomic E-state index is -0.168. The Balaban J connectivity index is 2.02. The van der Waals surface area contributed by atoms with E-state index >= 15 is 0 Å². The molecule has 0 saturated heterocycles. The fourth-order valence-electron chi connectivity index (χ4n) is 3.15. The van der Waals surface area contributed by atoms with E-state index in [9.17, 15) is 5.21 Å². The van der Waals surface area contributed by atoms with E-state index in [1.165, 1.54) is 29.6 Å². The highest BCUT2D eigenvalue weighted by Crippen LogP contribution is 2.37. The Hall–Kier alpha value is -1.02. The van der Waals surface area contributed by atoms with Crippen LogP contribution in [0.3, 0.4) is 0 Å². The van der Waals surface area contributed by atoms with E-state index in [0.29, 0.717) is 5.02 Å². The Morgan fingerprint density at radius 1 is 1.18 bits per heavy atom. The van der Waals surface area contributed by atoms with Gasteiger partial charge in [0.15, 0.2) is 11.8 Å². The van der Waals surface area contributed by atoms with E-state index in [1.54, 1.807) is 6.21 Å². The predicted octanol–water partition coefficient (Wildman–Crippen LogP) is 3.53. The van der Waals surface area contributed by atoms with Crippen LogP contribution in [0.2, 0.25) is 5.02 Å². The molecule has 0 unspecified atom stereocenters. The molecule has 0 aromatic heterocycles. The van der Waals surface area contributed by atoms with Gasteiger partial charge in [0.1, 0.15) is 0 Å². The van der Waals surface area contributed by atoms with E-state index in [4.69, 9.17) is 11.6 Å². The fraction of sp³-hybridized carbons (Fsp3) is 0.500. The summed E-state index contributed by atoms with van der Waals surface area (Å²) in [6, 6.07) is 5.88. The highest BCUT2D eigenvalue weighted by molar-refractivity contribution is 6.30. The second kappa shape index (κ2) is 4.02. The number of hydrogen-bond acceptors (Lipinski definition) is 1. The summed E-state index contributed by atoms with van der Waals surface area (Å²) < 4.78 is 1.20. The van der Waals surface area contributed by atoms with Crippen molar-refractivity contribution in [2.75, 3.05) is 0 Å². The lowest BCUT2D eigenvalue weighted by atomic mass is 9.75. The molecule has 90 valence electrons. The van der Waals surface area contributed by atoms with Gasteiger partial charge in [-0.15, -0.1) is 0 Å². The molecule has 1 aliphatic carbocycles. The number of benzene rings is 1. The quantitative estimate of drug-likeness (QED) is 0.510. The maximum absolute atomic E-state index is 12.3. The van der Waals surface area contributed by atoms with Crippen LogP contribution in [0.5, 0.6) is 0 Å². The topological polar surface area (TPSA) is 26.1 Å². The molecule has 1 heterocycles. The van der Waals surface area contributed by atoms with Gasteiger partial charge in [0.05, 0.1) is 0 Å². The van der Waals surface area contributed by atoms with Crippen molar-refractivity contribution in [2.45, 2.75) is 44.1 Å². The van der Waals surface area contributed by atoms with Gasteiger partial charge in [-0.25, -0.2) is 4.74 Å². The van der Waals surface area contributed by atoms with Crippen LogP contribution in [0.4, 0.5) is 0 Å². The minimum Gasteiger partial charge on any atom is -0.623 e. The summed E-state index contributed by atoms with van der Waals surface area (Å²) in [7, 11) is 0. The molecule has 2 nitrogen and oxygen atoms in total. The molecule has 0 amide bonds. The lowest BCUT2D eigenvalue weighted by Crippen LogP contribution is -2.46. The van der Waals surface area contributed by atoms with Gasteiger partial charge in [-0.1, -0.05) is 24.1 Å². The number of rotatable bonds is 0. The Morgan fingerprint density at radius 2 is 1.94 bits per heavy atom. The van der Waals surface area contributed by atoms with Crippen molar-refractivity contribution in [1.82, 2.24) is 0 Å². The Bertz CT molecular complexity index is 475. The zero-order valence-electron chi connectivity index (χ0n) is 9.79. The van der Waals surface area contributed by atoms with E-state index in [2.05, 4.69) is 6.07 Å². The number of nitrogens with zero attached hydrogens (tertiary/aromatic N) is 1. The van der Waals surface area contributed by atoms with Gasteiger partial charge in [0.2, 0.25) is 0 Å². The zero-order valence-corrected chi connectivity index (χ0v) is 10.5. The first-order valence-corrected chi connectivity index (χ1v) is 6.67. The van der Waals surface area contributed by atoms with Crippen molar-refractivity contribution in [3.63, 3.8) is 0 Å². The van der Waals surface area contributed by atoms with Crippen LogP contribution >= 0.6 is 11.6 Å². The summed E-state index contributed by atoms with van der Waals surface area (Å²) in [5.74, 6) is 0. The van der Waals surface area contributed by atoms with E-state index in [1.807, 2.05) is 12.1 Å². The molecule has 3 rings (SSSR count). The highest BCUT2D eigenvalue weighted by atomic mass is 35.5. The molecule has 0 bridgehead atoms. The molecule has 1 fully saturated rings. The fourth-order valence-corrected chi connectivity index (χ4v) is 3.33. The third kappa shape index (κ3) is 1.85. The smallest absolute Gasteiger partial charge is 0.182 e. The molecule has 1 saturated carbocycles. The van der Waals surface area contributed by atoms with E-state index in [-0.39, 0.29) is 5.54 Å². The largest absolute Gasteiger partial charge is 0.623 e.